The van der Waals surface area contributed by atoms with Gasteiger partial charge in [-0.2, -0.15) is 0 Å². The maximum atomic E-state index is 14.1. The van der Waals surface area contributed by atoms with Crippen molar-refractivity contribution in [3.63, 3.8) is 0 Å². The van der Waals surface area contributed by atoms with Crippen LogP contribution >= 0.6 is 0 Å². The molecule has 0 spiro atoms. The van der Waals surface area contributed by atoms with Crippen molar-refractivity contribution in [2.24, 2.45) is 0 Å². The van der Waals surface area contributed by atoms with Gasteiger partial charge in [0.1, 0.15) is 5.82 Å². The number of hydrogen-bond acceptors (Lipinski definition) is 5. The molecule has 4 heterocycles. The lowest BCUT2D eigenvalue weighted by atomic mass is 10.0. The minimum atomic E-state index is -0.341. The number of benzene rings is 2. The standard InChI is InChI=1S/C29H24FN5O2/c30-26-4-2-1-3-23(26)27-8-6-21(16-32-27)34-29(36)25-18-33-28-7-5-19(14-24(25)28)20-13-22(17-31-15-20)35-9-11-37-12-10-35/h1-8,13-18,33H,9-12H2,(H,34,36). The molecule has 5 aromatic rings. The third-order valence-electron chi connectivity index (χ3n) is 6.53. The molecule has 7 nitrogen and oxygen atoms in total. The smallest absolute Gasteiger partial charge is 0.257 e. The average Bonchev–Trinajstić information content (AvgIpc) is 3.38. The van der Waals surface area contributed by atoms with E-state index < -0.39 is 0 Å². The van der Waals surface area contributed by atoms with Crippen LogP contribution in [-0.4, -0.2) is 47.2 Å². The minimum absolute atomic E-state index is 0.260. The van der Waals surface area contributed by atoms with E-state index in [1.807, 2.05) is 30.6 Å². The average molecular weight is 494 g/mol. The van der Waals surface area contributed by atoms with Crippen LogP contribution in [0.15, 0.2) is 85.5 Å². The van der Waals surface area contributed by atoms with Crippen LogP contribution in [0, 0.1) is 5.82 Å². The number of aromatic nitrogens is 3. The van der Waals surface area contributed by atoms with Crippen molar-refractivity contribution < 1.29 is 13.9 Å². The van der Waals surface area contributed by atoms with Gasteiger partial charge in [0.25, 0.3) is 5.91 Å². The summed E-state index contributed by atoms with van der Waals surface area (Å²) in [6.07, 6.45) is 6.93. The molecule has 1 amide bonds. The van der Waals surface area contributed by atoms with E-state index in [1.54, 1.807) is 36.5 Å². The summed E-state index contributed by atoms with van der Waals surface area (Å²) in [6.45, 7) is 3.09. The molecule has 0 unspecified atom stereocenters. The van der Waals surface area contributed by atoms with E-state index in [9.17, 15) is 9.18 Å². The van der Waals surface area contributed by atoms with Gasteiger partial charge in [0.15, 0.2) is 0 Å². The van der Waals surface area contributed by atoms with E-state index in [0.717, 1.165) is 40.8 Å². The Morgan fingerprint density at radius 1 is 0.973 bits per heavy atom. The Kier molecular flexibility index (Phi) is 6.08. The summed E-state index contributed by atoms with van der Waals surface area (Å²) in [4.78, 5) is 27.4. The van der Waals surface area contributed by atoms with Crippen molar-refractivity contribution in [3.05, 3.63) is 96.8 Å². The highest BCUT2D eigenvalue weighted by Crippen LogP contribution is 2.29. The van der Waals surface area contributed by atoms with E-state index in [4.69, 9.17) is 4.74 Å². The summed E-state index contributed by atoms with van der Waals surface area (Å²) in [5.74, 6) is -0.601. The second kappa shape index (κ2) is 9.83. The van der Waals surface area contributed by atoms with E-state index in [0.29, 0.717) is 35.7 Å². The van der Waals surface area contributed by atoms with Crippen molar-refractivity contribution in [2.45, 2.75) is 0 Å². The number of pyridine rings is 2. The fraction of sp³-hybridized carbons (Fsp3) is 0.138. The predicted molar refractivity (Wildman–Crippen MR) is 142 cm³/mol. The molecular weight excluding hydrogens is 469 g/mol. The molecule has 8 heteroatoms. The first kappa shape index (κ1) is 22.9. The third kappa shape index (κ3) is 4.66. The molecule has 0 atom stereocenters. The zero-order chi connectivity index (χ0) is 25.2. The van der Waals surface area contributed by atoms with Crippen LogP contribution < -0.4 is 10.2 Å². The quantitative estimate of drug-likeness (QED) is 0.337. The molecule has 3 aromatic heterocycles. The zero-order valence-electron chi connectivity index (χ0n) is 19.9. The van der Waals surface area contributed by atoms with E-state index in [2.05, 4.69) is 31.2 Å². The maximum Gasteiger partial charge on any atom is 0.257 e. The molecule has 37 heavy (non-hydrogen) atoms. The van der Waals surface area contributed by atoms with Gasteiger partial charge in [-0.1, -0.05) is 18.2 Å². The third-order valence-corrected chi connectivity index (χ3v) is 6.53. The highest BCUT2D eigenvalue weighted by atomic mass is 19.1. The number of aromatic amines is 1. The van der Waals surface area contributed by atoms with E-state index >= 15 is 0 Å². The number of rotatable bonds is 5. The number of H-pyrrole nitrogens is 1. The van der Waals surface area contributed by atoms with Gasteiger partial charge in [-0.3, -0.25) is 14.8 Å². The molecule has 1 fully saturated rings. The van der Waals surface area contributed by atoms with Gasteiger partial charge in [0, 0.05) is 47.5 Å². The number of morpholine rings is 1. The number of nitrogens with zero attached hydrogens (tertiary/aromatic N) is 3. The van der Waals surface area contributed by atoms with Crippen molar-refractivity contribution in [1.82, 2.24) is 15.0 Å². The van der Waals surface area contributed by atoms with Crippen molar-refractivity contribution in [2.75, 3.05) is 36.5 Å². The molecule has 0 radical (unpaired) electrons. The van der Waals surface area contributed by atoms with Crippen molar-refractivity contribution >= 4 is 28.2 Å². The molecule has 0 bridgehead atoms. The Bertz CT molecular complexity index is 1580. The molecule has 6 rings (SSSR count). The highest BCUT2D eigenvalue weighted by Gasteiger charge is 2.16. The number of ether oxygens (including phenoxy) is 1. The summed E-state index contributed by atoms with van der Waals surface area (Å²) in [6, 6.07) is 18.0. The number of nitrogens with one attached hydrogen (secondary N) is 2. The lowest BCUT2D eigenvalue weighted by molar-refractivity contribution is 0.102. The van der Waals surface area contributed by atoms with Crippen LogP contribution in [0.1, 0.15) is 10.4 Å². The predicted octanol–water partition coefficient (Wildman–Crippen LogP) is 5.52. The Hall–Kier alpha value is -4.56. The van der Waals surface area contributed by atoms with Crippen LogP contribution in [-0.2, 0) is 4.74 Å². The molecule has 184 valence electrons. The van der Waals surface area contributed by atoms with Gasteiger partial charge in [-0.25, -0.2) is 4.39 Å². The molecule has 2 N–H and O–H groups in total. The van der Waals surface area contributed by atoms with Gasteiger partial charge in [-0.05, 0) is 48.0 Å². The molecular formula is C29H24FN5O2. The molecule has 1 saturated heterocycles. The number of anilines is 2. The first-order valence-electron chi connectivity index (χ1n) is 12.1. The largest absolute Gasteiger partial charge is 0.378 e. The summed E-state index contributed by atoms with van der Waals surface area (Å²) < 4.78 is 19.5. The number of halogens is 1. The molecule has 2 aromatic carbocycles. The van der Waals surface area contributed by atoms with Crippen LogP contribution in [0.5, 0.6) is 0 Å². The Morgan fingerprint density at radius 3 is 2.65 bits per heavy atom. The lowest BCUT2D eigenvalue weighted by Gasteiger charge is -2.28. The van der Waals surface area contributed by atoms with Gasteiger partial charge in [0.2, 0.25) is 0 Å². The monoisotopic (exact) mass is 493 g/mol. The molecule has 0 aliphatic carbocycles. The number of hydrogen-bond donors (Lipinski definition) is 2. The number of fused-ring (bicyclic) bond motifs is 1. The normalized spacial score (nSPS) is 13.6. The lowest BCUT2D eigenvalue weighted by Crippen LogP contribution is -2.36. The van der Waals surface area contributed by atoms with Gasteiger partial charge in [0.05, 0.1) is 48.2 Å². The van der Waals surface area contributed by atoms with Crippen molar-refractivity contribution in [1.29, 1.82) is 0 Å². The second-order valence-corrected chi connectivity index (χ2v) is 8.86. The van der Waals surface area contributed by atoms with E-state index in [-0.39, 0.29) is 11.7 Å². The summed E-state index contributed by atoms with van der Waals surface area (Å²) >= 11 is 0. The molecule has 1 aliphatic rings. The van der Waals surface area contributed by atoms with Gasteiger partial charge in [-0.15, -0.1) is 0 Å². The van der Waals surface area contributed by atoms with Gasteiger partial charge >= 0.3 is 0 Å². The van der Waals surface area contributed by atoms with Gasteiger partial charge < -0.3 is 19.9 Å². The van der Waals surface area contributed by atoms with Crippen LogP contribution in [0.25, 0.3) is 33.3 Å². The SMILES string of the molecule is O=C(Nc1ccc(-c2ccccc2F)nc1)c1c[nH]c2ccc(-c3cncc(N4CCOCC4)c3)cc12. The molecule has 0 saturated carbocycles. The Balaban J connectivity index is 1.24. The first-order chi connectivity index (χ1) is 18.2. The maximum absolute atomic E-state index is 14.1. The fourth-order valence-corrected chi connectivity index (χ4v) is 4.56. The summed E-state index contributed by atoms with van der Waals surface area (Å²) in [7, 11) is 0. The topological polar surface area (TPSA) is 83.1 Å². The summed E-state index contributed by atoms with van der Waals surface area (Å²) in [5.41, 5.74) is 5.83. The number of amides is 1. The summed E-state index contributed by atoms with van der Waals surface area (Å²) in [5, 5.41) is 3.70. The minimum Gasteiger partial charge on any atom is -0.378 e. The van der Waals surface area contributed by atoms with Crippen LogP contribution in [0.2, 0.25) is 0 Å². The number of carbonyl (C=O) groups excluding carboxylic acids is 1. The van der Waals surface area contributed by atoms with Crippen molar-refractivity contribution in [3.8, 4) is 22.4 Å². The van der Waals surface area contributed by atoms with Crippen LogP contribution in [0.3, 0.4) is 0 Å². The van der Waals surface area contributed by atoms with E-state index in [1.165, 1.54) is 12.3 Å². The first-order valence-corrected chi connectivity index (χ1v) is 12.1. The Morgan fingerprint density at radius 2 is 1.84 bits per heavy atom. The molecule has 1 aliphatic heterocycles. The number of carbonyl (C=O) groups is 1. The second-order valence-electron chi connectivity index (χ2n) is 8.86. The highest BCUT2D eigenvalue weighted by molar-refractivity contribution is 6.13. The zero-order valence-corrected chi connectivity index (χ0v) is 19.9. The van der Waals surface area contributed by atoms with Crippen LogP contribution in [0.4, 0.5) is 15.8 Å². The fourth-order valence-electron chi connectivity index (χ4n) is 4.56. The Labute approximate surface area is 213 Å².